The summed E-state index contributed by atoms with van der Waals surface area (Å²) in [7, 11) is -3.54. The van der Waals surface area contributed by atoms with Crippen LogP contribution in [0.5, 0.6) is 0 Å². The normalized spacial score (nSPS) is 18.8. The van der Waals surface area contributed by atoms with E-state index < -0.39 is 10.0 Å². The summed E-state index contributed by atoms with van der Waals surface area (Å²) in [6, 6.07) is 15.9. The highest BCUT2D eigenvalue weighted by Gasteiger charge is 2.33. The molecular formula is C19H21NO3S2. The van der Waals surface area contributed by atoms with E-state index in [1.165, 1.54) is 4.31 Å². The second kappa shape index (κ2) is 7.72. The highest BCUT2D eigenvalue weighted by atomic mass is 32.2. The fourth-order valence-electron chi connectivity index (χ4n) is 3.11. The molecule has 0 radical (unpaired) electrons. The fourth-order valence-corrected chi connectivity index (χ4v) is 5.06. The van der Waals surface area contributed by atoms with E-state index in [-0.39, 0.29) is 23.1 Å². The number of Topliss-reactive ketones (excluding diaryl/α,β-unsaturated/α-hetero) is 1. The minimum Gasteiger partial charge on any atom is -0.294 e. The van der Waals surface area contributed by atoms with Gasteiger partial charge in [-0.15, -0.1) is 11.8 Å². The molecule has 4 nitrogen and oxygen atoms in total. The number of hydrogen-bond donors (Lipinski definition) is 0. The topological polar surface area (TPSA) is 54.5 Å². The largest absolute Gasteiger partial charge is 0.294 e. The van der Waals surface area contributed by atoms with Gasteiger partial charge in [0.25, 0.3) is 0 Å². The summed E-state index contributed by atoms with van der Waals surface area (Å²) in [5.41, 5.74) is 0.654. The molecular weight excluding hydrogens is 354 g/mol. The van der Waals surface area contributed by atoms with Crippen LogP contribution >= 0.6 is 11.8 Å². The molecule has 0 unspecified atom stereocenters. The second-order valence-electron chi connectivity index (χ2n) is 6.11. The van der Waals surface area contributed by atoms with Gasteiger partial charge in [0.05, 0.1) is 4.90 Å². The van der Waals surface area contributed by atoms with Gasteiger partial charge in [-0.25, -0.2) is 8.42 Å². The van der Waals surface area contributed by atoms with Gasteiger partial charge in [0, 0.05) is 29.5 Å². The molecule has 0 aromatic heterocycles. The molecule has 2 aromatic rings. The van der Waals surface area contributed by atoms with Crippen LogP contribution in [0, 0.1) is 5.92 Å². The Kier molecular flexibility index (Phi) is 5.61. The quantitative estimate of drug-likeness (QED) is 0.591. The lowest BCUT2D eigenvalue weighted by molar-refractivity contribution is 0.0872. The molecule has 1 heterocycles. The molecule has 0 saturated carbocycles. The number of carbonyl (C=O) groups excluding carboxylic acids is 1. The van der Waals surface area contributed by atoms with Gasteiger partial charge < -0.3 is 0 Å². The first-order valence-electron chi connectivity index (χ1n) is 8.26. The maximum atomic E-state index is 12.8. The van der Waals surface area contributed by atoms with Gasteiger partial charge in [0.15, 0.2) is 5.78 Å². The Morgan fingerprint density at radius 3 is 2.40 bits per heavy atom. The van der Waals surface area contributed by atoms with Crippen LogP contribution in [0.3, 0.4) is 0 Å². The van der Waals surface area contributed by atoms with Gasteiger partial charge in [-0.2, -0.15) is 4.31 Å². The van der Waals surface area contributed by atoms with Gasteiger partial charge in [-0.3, -0.25) is 4.79 Å². The summed E-state index contributed by atoms with van der Waals surface area (Å²) in [6.07, 6.45) is 3.42. The van der Waals surface area contributed by atoms with Crippen molar-refractivity contribution in [3.05, 3.63) is 60.2 Å². The van der Waals surface area contributed by atoms with E-state index in [9.17, 15) is 13.2 Å². The first-order chi connectivity index (χ1) is 12.0. The maximum Gasteiger partial charge on any atom is 0.243 e. The molecule has 3 rings (SSSR count). The van der Waals surface area contributed by atoms with Crippen LogP contribution in [0.25, 0.3) is 0 Å². The number of benzene rings is 2. The van der Waals surface area contributed by atoms with Crippen molar-refractivity contribution in [3.8, 4) is 0 Å². The number of piperidine rings is 1. The Morgan fingerprint density at radius 2 is 1.76 bits per heavy atom. The minimum absolute atomic E-state index is 0.0283. The average molecular weight is 376 g/mol. The van der Waals surface area contributed by atoms with Crippen molar-refractivity contribution in [2.75, 3.05) is 19.3 Å². The molecule has 0 amide bonds. The molecule has 25 heavy (non-hydrogen) atoms. The van der Waals surface area contributed by atoms with Crippen LogP contribution in [0.4, 0.5) is 0 Å². The van der Waals surface area contributed by atoms with E-state index in [0.29, 0.717) is 18.5 Å². The summed E-state index contributed by atoms with van der Waals surface area (Å²) < 4.78 is 27.0. The molecule has 132 valence electrons. The summed E-state index contributed by atoms with van der Waals surface area (Å²) >= 11 is 1.63. The van der Waals surface area contributed by atoms with Crippen molar-refractivity contribution in [2.24, 2.45) is 5.92 Å². The van der Waals surface area contributed by atoms with Crippen molar-refractivity contribution in [1.29, 1.82) is 0 Å². The Morgan fingerprint density at radius 1 is 1.08 bits per heavy atom. The molecule has 0 aliphatic carbocycles. The molecule has 1 aliphatic rings. The van der Waals surface area contributed by atoms with Crippen molar-refractivity contribution in [3.63, 3.8) is 0 Å². The lowest BCUT2D eigenvalue weighted by Gasteiger charge is -2.31. The molecule has 1 aliphatic heterocycles. The van der Waals surface area contributed by atoms with E-state index >= 15 is 0 Å². The van der Waals surface area contributed by atoms with E-state index in [0.717, 1.165) is 11.3 Å². The molecule has 0 spiro atoms. The highest BCUT2D eigenvalue weighted by molar-refractivity contribution is 7.98. The molecule has 1 saturated heterocycles. The molecule has 2 aromatic carbocycles. The van der Waals surface area contributed by atoms with Gasteiger partial charge in [0.2, 0.25) is 10.0 Å². The van der Waals surface area contributed by atoms with E-state index in [1.54, 1.807) is 42.1 Å². The Balaban J connectivity index is 1.77. The van der Waals surface area contributed by atoms with Gasteiger partial charge in [-0.05, 0) is 43.4 Å². The van der Waals surface area contributed by atoms with Crippen LogP contribution in [0.2, 0.25) is 0 Å². The molecule has 0 N–H and O–H groups in total. The van der Waals surface area contributed by atoms with Gasteiger partial charge in [0.1, 0.15) is 0 Å². The number of hydrogen-bond acceptors (Lipinski definition) is 4. The van der Waals surface area contributed by atoms with Crippen LogP contribution < -0.4 is 0 Å². The van der Waals surface area contributed by atoms with E-state index in [2.05, 4.69) is 0 Å². The van der Waals surface area contributed by atoms with Crippen LogP contribution in [-0.4, -0.2) is 37.9 Å². The Bertz CT molecular complexity index is 833. The van der Waals surface area contributed by atoms with Crippen molar-refractivity contribution >= 4 is 27.6 Å². The summed E-state index contributed by atoms with van der Waals surface area (Å²) in [4.78, 5) is 14.2. The summed E-state index contributed by atoms with van der Waals surface area (Å²) in [5.74, 6) is -0.256. The predicted molar refractivity (Wildman–Crippen MR) is 100 cm³/mol. The van der Waals surface area contributed by atoms with E-state index in [1.807, 2.05) is 30.5 Å². The average Bonchev–Trinajstić information content (AvgIpc) is 2.68. The van der Waals surface area contributed by atoms with Crippen molar-refractivity contribution < 1.29 is 13.2 Å². The zero-order valence-corrected chi connectivity index (χ0v) is 15.7. The van der Waals surface area contributed by atoms with Crippen LogP contribution in [0.15, 0.2) is 64.4 Å². The van der Waals surface area contributed by atoms with Gasteiger partial charge in [-0.1, -0.05) is 30.3 Å². The first kappa shape index (κ1) is 18.2. The number of ketones is 1. The third-order valence-electron chi connectivity index (χ3n) is 4.51. The third kappa shape index (κ3) is 3.97. The minimum atomic E-state index is -3.54. The summed E-state index contributed by atoms with van der Waals surface area (Å²) in [6.45, 7) is 0.715. The zero-order valence-electron chi connectivity index (χ0n) is 14.1. The molecule has 0 bridgehead atoms. The van der Waals surface area contributed by atoms with Crippen molar-refractivity contribution in [1.82, 2.24) is 4.31 Å². The number of rotatable bonds is 5. The number of thioether (sulfide) groups is 1. The fraction of sp³-hybridized carbons (Fsp3) is 0.316. The predicted octanol–water partition coefficient (Wildman–Crippen LogP) is 3.69. The smallest absolute Gasteiger partial charge is 0.243 e. The van der Waals surface area contributed by atoms with E-state index in [4.69, 9.17) is 0 Å². The Hall–Kier alpha value is -1.63. The van der Waals surface area contributed by atoms with Crippen LogP contribution in [0.1, 0.15) is 23.2 Å². The molecule has 1 atom stereocenters. The lowest BCUT2D eigenvalue weighted by Crippen LogP contribution is -2.42. The first-order valence-corrected chi connectivity index (χ1v) is 10.9. The monoisotopic (exact) mass is 375 g/mol. The third-order valence-corrected chi connectivity index (χ3v) is 7.13. The standard InChI is InChI=1S/C19H21NO3S2/c1-24-17-11-9-15(10-12-17)19(21)16-6-5-13-20(14-16)25(22,23)18-7-3-2-4-8-18/h2-4,7-12,16H,5-6,13-14H2,1H3/t16-/m0/s1. The number of nitrogens with zero attached hydrogens (tertiary/aromatic N) is 1. The Labute approximate surface area is 153 Å². The number of carbonyl (C=O) groups is 1. The molecule has 6 heteroatoms. The lowest BCUT2D eigenvalue weighted by atomic mass is 9.91. The maximum absolute atomic E-state index is 12.8. The van der Waals surface area contributed by atoms with Crippen LogP contribution in [-0.2, 0) is 10.0 Å². The molecule has 1 fully saturated rings. The van der Waals surface area contributed by atoms with Gasteiger partial charge >= 0.3 is 0 Å². The zero-order chi connectivity index (χ0) is 17.9. The summed E-state index contributed by atoms with van der Waals surface area (Å²) in [5, 5.41) is 0. The van der Waals surface area contributed by atoms with Crippen molar-refractivity contribution in [2.45, 2.75) is 22.6 Å². The number of sulfonamides is 1. The SMILES string of the molecule is CSc1ccc(C(=O)[C@H]2CCCN(S(=O)(=O)c3ccccc3)C2)cc1. The highest BCUT2D eigenvalue weighted by Crippen LogP contribution is 2.26. The second-order valence-corrected chi connectivity index (χ2v) is 8.93.